The third-order valence-electron chi connectivity index (χ3n) is 0.888. The summed E-state index contributed by atoms with van der Waals surface area (Å²) in [6, 6.07) is 0. The first-order chi connectivity index (χ1) is 3.18. The summed E-state index contributed by atoms with van der Waals surface area (Å²) in [4.78, 5) is 0. The molecule has 0 aliphatic heterocycles. The maximum Gasteiger partial charge on any atom is 0.114 e. The van der Waals surface area contributed by atoms with Crippen molar-refractivity contribution in [2.24, 2.45) is 0 Å². The fourth-order valence-electron chi connectivity index (χ4n) is 0.325. The van der Waals surface area contributed by atoms with Crippen LogP contribution >= 0.6 is 11.6 Å². The van der Waals surface area contributed by atoms with Gasteiger partial charge < -0.3 is 0 Å². The second kappa shape index (κ2) is 3.25. The number of rotatable bonds is 2. The molecule has 0 spiro atoms. The van der Waals surface area contributed by atoms with Crippen LogP contribution in [-0.4, -0.2) is 11.5 Å². The predicted molar refractivity (Wildman–Crippen MR) is 30.5 cm³/mol. The number of alkyl halides is 2. The third-order valence-corrected chi connectivity index (χ3v) is 1.54. The van der Waals surface area contributed by atoms with Gasteiger partial charge in [-0.05, 0) is 13.3 Å². The van der Waals surface area contributed by atoms with Crippen LogP contribution in [0, 0.1) is 0 Å². The van der Waals surface area contributed by atoms with Gasteiger partial charge in [-0.1, -0.05) is 6.92 Å². The average molecular weight is 125 g/mol. The van der Waals surface area contributed by atoms with Crippen LogP contribution in [0.25, 0.3) is 0 Å². The molecule has 2 atom stereocenters. The molecule has 0 saturated carbocycles. The minimum absolute atomic E-state index is 0.292. The molecule has 44 valence electrons. The average Bonchev–Trinajstić information content (AvgIpc) is 1.65. The van der Waals surface area contributed by atoms with E-state index in [2.05, 4.69) is 0 Å². The van der Waals surface area contributed by atoms with Crippen molar-refractivity contribution < 1.29 is 4.39 Å². The highest BCUT2D eigenvalue weighted by molar-refractivity contribution is 6.20. The third kappa shape index (κ3) is 2.86. The standard InChI is InChI=1S/C5H10ClF/c1-3-5(6)4(2)7/h4-5H,3H2,1-2H3. The highest BCUT2D eigenvalue weighted by Crippen LogP contribution is 2.08. The van der Waals surface area contributed by atoms with E-state index in [0.29, 0.717) is 6.42 Å². The highest BCUT2D eigenvalue weighted by Gasteiger charge is 2.08. The molecule has 0 aromatic heterocycles. The molecule has 0 rings (SSSR count). The SMILES string of the molecule is CCC(Cl)C(C)F. The summed E-state index contributed by atoms with van der Waals surface area (Å²) < 4.78 is 12.0. The van der Waals surface area contributed by atoms with Gasteiger partial charge in [0.2, 0.25) is 0 Å². The molecule has 0 N–H and O–H groups in total. The lowest BCUT2D eigenvalue weighted by atomic mass is 10.2. The van der Waals surface area contributed by atoms with Crippen molar-refractivity contribution in [2.45, 2.75) is 31.8 Å². The fraction of sp³-hybridized carbons (Fsp3) is 1.00. The van der Waals surface area contributed by atoms with E-state index in [0.717, 1.165) is 0 Å². The Kier molecular flexibility index (Phi) is 3.35. The molecule has 0 aliphatic carbocycles. The molecule has 0 nitrogen and oxygen atoms in total. The molecule has 0 fully saturated rings. The Morgan fingerprint density at radius 1 is 1.71 bits per heavy atom. The molecule has 0 aliphatic rings. The van der Waals surface area contributed by atoms with Crippen LogP contribution in [0.2, 0.25) is 0 Å². The summed E-state index contributed by atoms with van der Waals surface area (Å²) in [5.74, 6) is 0. The molecule has 0 aromatic carbocycles. The second-order valence-corrected chi connectivity index (χ2v) is 2.16. The Balaban J connectivity index is 3.14. The molecular weight excluding hydrogens is 115 g/mol. The van der Waals surface area contributed by atoms with Crippen LogP contribution in [0.15, 0.2) is 0 Å². The smallest absolute Gasteiger partial charge is 0.114 e. The van der Waals surface area contributed by atoms with Crippen LogP contribution in [-0.2, 0) is 0 Å². The van der Waals surface area contributed by atoms with Crippen LogP contribution in [0.1, 0.15) is 20.3 Å². The molecule has 0 radical (unpaired) electrons. The van der Waals surface area contributed by atoms with Crippen LogP contribution < -0.4 is 0 Å². The van der Waals surface area contributed by atoms with Gasteiger partial charge in [-0.15, -0.1) is 11.6 Å². The van der Waals surface area contributed by atoms with E-state index in [1.165, 1.54) is 6.92 Å². The second-order valence-electron chi connectivity index (χ2n) is 1.60. The zero-order valence-corrected chi connectivity index (χ0v) is 5.37. The van der Waals surface area contributed by atoms with Gasteiger partial charge >= 0.3 is 0 Å². The van der Waals surface area contributed by atoms with E-state index in [1.54, 1.807) is 0 Å². The van der Waals surface area contributed by atoms with Gasteiger partial charge in [-0.25, -0.2) is 4.39 Å². The van der Waals surface area contributed by atoms with Crippen molar-refractivity contribution in [3.63, 3.8) is 0 Å². The molecule has 0 bridgehead atoms. The van der Waals surface area contributed by atoms with E-state index in [4.69, 9.17) is 11.6 Å². The Labute approximate surface area is 48.7 Å². The maximum absolute atomic E-state index is 12.0. The van der Waals surface area contributed by atoms with Gasteiger partial charge in [-0.3, -0.25) is 0 Å². The van der Waals surface area contributed by atoms with E-state index in [9.17, 15) is 4.39 Å². The summed E-state index contributed by atoms with van der Waals surface area (Å²) in [6.07, 6.45) is -0.161. The lowest BCUT2D eigenvalue weighted by Gasteiger charge is -2.04. The summed E-state index contributed by atoms with van der Waals surface area (Å²) >= 11 is 5.43. The predicted octanol–water partition coefficient (Wildman–Crippen LogP) is 2.36. The molecule has 0 saturated heterocycles. The first-order valence-electron chi connectivity index (χ1n) is 2.46. The molecule has 0 aromatic rings. The lowest BCUT2D eigenvalue weighted by Crippen LogP contribution is -2.09. The topological polar surface area (TPSA) is 0 Å². The zero-order chi connectivity index (χ0) is 5.86. The minimum atomic E-state index is -0.869. The van der Waals surface area contributed by atoms with Gasteiger partial charge in [-0.2, -0.15) is 0 Å². The largest absolute Gasteiger partial charge is 0.246 e. The summed E-state index contributed by atoms with van der Waals surface area (Å²) in [6.45, 7) is 3.34. The van der Waals surface area contributed by atoms with Gasteiger partial charge in [0.05, 0.1) is 5.38 Å². The minimum Gasteiger partial charge on any atom is -0.246 e. The maximum atomic E-state index is 12.0. The zero-order valence-electron chi connectivity index (χ0n) is 4.62. The number of hydrogen-bond acceptors (Lipinski definition) is 0. The van der Waals surface area contributed by atoms with Gasteiger partial charge in [0.25, 0.3) is 0 Å². The van der Waals surface area contributed by atoms with E-state index in [1.807, 2.05) is 6.92 Å². The molecular formula is C5H10ClF. The summed E-state index contributed by atoms with van der Waals surface area (Å²) in [7, 11) is 0. The highest BCUT2D eigenvalue weighted by atomic mass is 35.5. The molecule has 0 heterocycles. The molecule has 2 heteroatoms. The Hall–Kier alpha value is 0.220. The number of hydrogen-bond donors (Lipinski definition) is 0. The Bertz CT molecular complexity index is 45.3. The van der Waals surface area contributed by atoms with E-state index in [-0.39, 0.29) is 5.38 Å². The van der Waals surface area contributed by atoms with E-state index >= 15 is 0 Å². The van der Waals surface area contributed by atoms with Crippen LogP contribution in [0.5, 0.6) is 0 Å². The molecule has 0 amide bonds. The van der Waals surface area contributed by atoms with Crippen LogP contribution in [0.3, 0.4) is 0 Å². The quantitative estimate of drug-likeness (QED) is 0.496. The summed E-state index contributed by atoms with van der Waals surface area (Å²) in [5, 5.41) is -0.292. The normalized spacial score (nSPS) is 18.9. The van der Waals surface area contributed by atoms with Gasteiger partial charge in [0.15, 0.2) is 0 Å². The monoisotopic (exact) mass is 124 g/mol. The van der Waals surface area contributed by atoms with Crippen molar-refractivity contribution in [2.75, 3.05) is 0 Å². The van der Waals surface area contributed by atoms with Gasteiger partial charge in [0, 0.05) is 0 Å². The van der Waals surface area contributed by atoms with Crippen molar-refractivity contribution >= 4 is 11.6 Å². The first-order valence-corrected chi connectivity index (χ1v) is 2.90. The lowest BCUT2D eigenvalue weighted by molar-refractivity contribution is 0.344. The van der Waals surface area contributed by atoms with Crippen molar-refractivity contribution in [3.05, 3.63) is 0 Å². The number of halogens is 2. The Morgan fingerprint density at radius 2 is 2.14 bits per heavy atom. The Morgan fingerprint density at radius 3 is 2.14 bits per heavy atom. The molecule has 7 heavy (non-hydrogen) atoms. The fourth-order valence-corrected chi connectivity index (χ4v) is 0.325. The van der Waals surface area contributed by atoms with Crippen molar-refractivity contribution in [3.8, 4) is 0 Å². The van der Waals surface area contributed by atoms with Crippen molar-refractivity contribution in [1.82, 2.24) is 0 Å². The van der Waals surface area contributed by atoms with E-state index < -0.39 is 6.17 Å². The van der Waals surface area contributed by atoms with Crippen molar-refractivity contribution in [1.29, 1.82) is 0 Å². The summed E-state index contributed by atoms with van der Waals surface area (Å²) in [5.41, 5.74) is 0. The van der Waals surface area contributed by atoms with Crippen LogP contribution in [0.4, 0.5) is 4.39 Å². The molecule has 2 unspecified atom stereocenters. The first kappa shape index (κ1) is 7.22. The van der Waals surface area contributed by atoms with Gasteiger partial charge in [0.1, 0.15) is 6.17 Å².